The largest absolute Gasteiger partial charge is 0.313 e. The molecule has 0 aliphatic heterocycles. The summed E-state index contributed by atoms with van der Waals surface area (Å²) in [7, 11) is 0. The molecule has 0 aliphatic rings. The van der Waals surface area contributed by atoms with Crippen molar-refractivity contribution < 1.29 is 0 Å². The fourth-order valence-electron chi connectivity index (χ4n) is 1.20. The number of nitrogens with one attached hydrogen (secondary N) is 1. The van der Waals surface area contributed by atoms with Gasteiger partial charge in [0.05, 0.1) is 0 Å². The van der Waals surface area contributed by atoms with Crippen LogP contribution >= 0.6 is 11.8 Å². The van der Waals surface area contributed by atoms with Gasteiger partial charge in [0.15, 0.2) is 0 Å². The number of hydrogen-bond acceptors (Lipinski definition) is 2. The van der Waals surface area contributed by atoms with E-state index in [0.29, 0.717) is 10.8 Å². The molecule has 1 nitrogen and oxygen atoms in total. The summed E-state index contributed by atoms with van der Waals surface area (Å²) in [5.41, 5.74) is 0. The molecule has 1 unspecified atom stereocenters. The van der Waals surface area contributed by atoms with Gasteiger partial charge in [-0.1, -0.05) is 34.1 Å². The highest BCUT2D eigenvalue weighted by Crippen LogP contribution is 2.22. The minimum absolute atomic E-state index is 0.412. The second-order valence-electron chi connectivity index (χ2n) is 4.60. The normalized spacial score (nSPS) is 14.5. The molecule has 2 heteroatoms. The molecule has 80 valence electrons. The summed E-state index contributed by atoms with van der Waals surface area (Å²) in [5, 5.41) is 3.54. The van der Waals surface area contributed by atoms with Crippen molar-refractivity contribution in [3.63, 3.8) is 0 Å². The van der Waals surface area contributed by atoms with Crippen molar-refractivity contribution in [2.24, 2.45) is 0 Å². The third kappa shape index (κ3) is 10.2. The van der Waals surface area contributed by atoms with E-state index in [-0.39, 0.29) is 0 Å². The monoisotopic (exact) mass is 203 g/mol. The van der Waals surface area contributed by atoms with Gasteiger partial charge in [-0.05, 0) is 13.3 Å². The van der Waals surface area contributed by atoms with Crippen molar-refractivity contribution in [1.82, 2.24) is 5.32 Å². The second-order valence-corrected chi connectivity index (χ2v) is 6.53. The first-order valence-corrected chi connectivity index (χ1v) is 6.31. The molecule has 0 saturated carbocycles. The highest BCUT2D eigenvalue weighted by Gasteiger charge is 2.09. The van der Waals surface area contributed by atoms with Gasteiger partial charge in [-0.25, -0.2) is 0 Å². The first-order valence-electron chi connectivity index (χ1n) is 5.33. The van der Waals surface area contributed by atoms with Crippen LogP contribution < -0.4 is 5.32 Å². The van der Waals surface area contributed by atoms with Crippen molar-refractivity contribution in [2.45, 2.75) is 58.2 Å². The summed E-state index contributed by atoms with van der Waals surface area (Å²) in [6.07, 6.45) is 2.57. The maximum absolute atomic E-state index is 3.54. The Morgan fingerprint density at radius 3 is 2.38 bits per heavy atom. The molecule has 0 rings (SSSR count). The molecule has 1 N–H and O–H groups in total. The molecule has 0 amide bonds. The van der Waals surface area contributed by atoms with Crippen LogP contribution in [0.3, 0.4) is 0 Å². The van der Waals surface area contributed by atoms with Crippen LogP contribution in [-0.2, 0) is 0 Å². The van der Waals surface area contributed by atoms with Crippen molar-refractivity contribution in [1.29, 1.82) is 0 Å². The van der Waals surface area contributed by atoms with E-state index in [4.69, 9.17) is 0 Å². The summed E-state index contributed by atoms with van der Waals surface area (Å²) in [6, 6.07) is 0.686. The van der Waals surface area contributed by atoms with E-state index in [1.54, 1.807) is 0 Å². The standard InChI is InChI=1S/C11H25NS/c1-6-7-10(2)12-8-9-13-11(3,4)5/h10,12H,6-9H2,1-5H3. The van der Waals surface area contributed by atoms with Crippen molar-refractivity contribution >= 4 is 11.8 Å². The second kappa shape index (κ2) is 6.72. The lowest BCUT2D eigenvalue weighted by Gasteiger charge is -2.19. The highest BCUT2D eigenvalue weighted by molar-refractivity contribution is 8.00. The quantitative estimate of drug-likeness (QED) is 0.665. The lowest BCUT2D eigenvalue weighted by molar-refractivity contribution is 0.526. The third-order valence-corrected chi connectivity index (χ3v) is 3.13. The highest BCUT2D eigenvalue weighted by atomic mass is 32.2. The van der Waals surface area contributed by atoms with Gasteiger partial charge in [0.1, 0.15) is 0 Å². The molecular weight excluding hydrogens is 178 g/mol. The van der Waals surface area contributed by atoms with Gasteiger partial charge >= 0.3 is 0 Å². The molecule has 0 aromatic heterocycles. The Balaban J connectivity index is 3.25. The Bertz CT molecular complexity index is 118. The Morgan fingerprint density at radius 2 is 1.92 bits per heavy atom. The van der Waals surface area contributed by atoms with E-state index < -0.39 is 0 Å². The molecule has 0 aliphatic carbocycles. The predicted octanol–water partition coefficient (Wildman–Crippen LogP) is 3.30. The molecule has 0 fully saturated rings. The zero-order valence-corrected chi connectivity index (χ0v) is 10.6. The summed E-state index contributed by atoms with van der Waals surface area (Å²) in [5.74, 6) is 1.22. The van der Waals surface area contributed by atoms with Gasteiger partial charge in [-0.3, -0.25) is 0 Å². The summed E-state index contributed by atoms with van der Waals surface area (Å²) >= 11 is 2.03. The summed E-state index contributed by atoms with van der Waals surface area (Å²) < 4.78 is 0.412. The zero-order valence-electron chi connectivity index (χ0n) is 9.81. The first-order chi connectivity index (χ1) is 5.95. The Hall–Kier alpha value is 0.310. The molecule has 0 bridgehead atoms. The van der Waals surface area contributed by atoms with E-state index in [1.165, 1.54) is 18.6 Å². The van der Waals surface area contributed by atoms with Crippen LogP contribution in [0.5, 0.6) is 0 Å². The van der Waals surface area contributed by atoms with Crippen molar-refractivity contribution in [3.05, 3.63) is 0 Å². The Kier molecular flexibility index (Phi) is 6.88. The van der Waals surface area contributed by atoms with Crippen LogP contribution in [0.15, 0.2) is 0 Å². The third-order valence-electron chi connectivity index (χ3n) is 1.85. The summed E-state index contributed by atoms with van der Waals surface area (Å²) in [4.78, 5) is 0. The molecule has 0 spiro atoms. The molecule has 0 aromatic rings. The topological polar surface area (TPSA) is 12.0 Å². The minimum Gasteiger partial charge on any atom is -0.313 e. The molecule has 0 aromatic carbocycles. The molecule has 0 radical (unpaired) electrons. The van der Waals surface area contributed by atoms with E-state index in [0.717, 1.165) is 6.54 Å². The first kappa shape index (κ1) is 13.3. The van der Waals surface area contributed by atoms with Crippen LogP contribution in [-0.4, -0.2) is 23.1 Å². The maximum atomic E-state index is 3.54. The van der Waals surface area contributed by atoms with Crippen molar-refractivity contribution in [3.8, 4) is 0 Å². The Labute approximate surface area is 88.1 Å². The number of hydrogen-bond donors (Lipinski definition) is 1. The lowest BCUT2D eigenvalue weighted by atomic mass is 10.2. The van der Waals surface area contributed by atoms with E-state index >= 15 is 0 Å². The van der Waals surface area contributed by atoms with Crippen LogP contribution in [0.4, 0.5) is 0 Å². The fourth-order valence-corrected chi connectivity index (χ4v) is 2.03. The number of rotatable bonds is 6. The SMILES string of the molecule is CCCC(C)NCCSC(C)(C)C. The average molecular weight is 203 g/mol. The molecule has 13 heavy (non-hydrogen) atoms. The molecule has 0 heterocycles. The van der Waals surface area contributed by atoms with Gasteiger partial charge in [0.25, 0.3) is 0 Å². The van der Waals surface area contributed by atoms with Crippen LogP contribution in [0, 0.1) is 0 Å². The van der Waals surface area contributed by atoms with Crippen LogP contribution in [0.1, 0.15) is 47.5 Å². The van der Waals surface area contributed by atoms with Gasteiger partial charge in [0, 0.05) is 23.1 Å². The van der Waals surface area contributed by atoms with Crippen LogP contribution in [0.25, 0.3) is 0 Å². The number of thioether (sulfide) groups is 1. The maximum Gasteiger partial charge on any atom is 0.00755 e. The lowest BCUT2D eigenvalue weighted by Crippen LogP contribution is -2.28. The smallest absolute Gasteiger partial charge is 0.00755 e. The van der Waals surface area contributed by atoms with Gasteiger partial charge in [0.2, 0.25) is 0 Å². The molecular formula is C11H25NS. The van der Waals surface area contributed by atoms with E-state index in [1.807, 2.05) is 11.8 Å². The van der Waals surface area contributed by atoms with Gasteiger partial charge < -0.3 is 5.32 Å². The van der Waals surface area contributed by atoms with Crippen molar-refractivity contribution in [2.75, 3.05) is 12.3 Å². The van der Waals surface area contributed by atoms with E-state index in [2.05, 4.69) is 39.9 Å². The molecule has 1 atom stereocenters. The average Bonchev–Trinajstić information content (AvgIpc) is 1.97. The summed E-state index contributed by atoms with van der Waals surface area (Å²) in [6.45, 7) is 12.5. The van der Waals surface area contributed by atoms with Crippen LogP contribution in [0.2, 0.25) is 0 Å². The van der Waals surface area contributed by atoms with Gasteiger partial charge in [-0.2, -0.15) is 11.8 Å². The van der Waals surface area contributed by atoms with Gasteiger partial charge in [-0.15, -0.1) is 0 Å². The zero-order chi connectivity index (χ0) is 10.3. The minimum atomic E-state index is 0.412. The van der Waals surface area contributed by atoms with E-state index in [9.17, 15) is 0 Å². The Morgan fingerprint density at radius 1 is 1.31 bits per heavy atom. The predicted molar refractivity (Wildman–Crippen MR) is 64.6 cm³/mol. The molecule has 0 saturated heterocycles. The fraction of sp³-hybridized carbons (Fsp3) is 1.00.